The Kier molecular flexibility index (Phi) is 4.67. The van der Waals surface area contributed by atoms with E-state index in [0.717, 1.165) is 22.4 Å². The molecular weight excluding hydrogens is 379 g/mol. The largest absolute Gasteiger partial charge is 0.507 e. The molecule has 4 aromatic carbocycles. The third-order valence-corrected chi connectivity index (χ3v) is 6.38. The van der Waals surface area contributed by atoms with Crippen LogP contribution in [0.15, 0.2) is 97.1 Å². The molecule has 1 N–H and O–H groups in total. The van der Waals surface area contributed by atoms with Gasteiger partial charge in [0.15, 0.2) is 0 Å². The van der Waals surface area contributed by atoms with Gasteiger partial charge >= 0.3 is 0 Å². The fraction of sp³-hybridized carbons (Fsp3) is 0.0400. The Hall–Kier alpha value is -3.29. The summed E-state index contributed by atoms with van der Waals surface area (Å²) in [6.45, 7) is 0. The monoisotopic (exact) mass is 398 g/mol. The molecule has 0 saturated carbocycles. The Morgan fingerprint density at radius 2 is 1.28 bits per heavy atom. The fourth-order valence-electron chi connectivity index (χ4n) is 3.60. The standard InChI is InChI=1S/C25H19O3P/c26-23-14-6-3-11-20(23)22-13-5-8-16-25(22)28-29-17-18-9-1-2-10-19(18)21-12-4-7-15-24(21)27-29/h1-16,26H,17H2. The van der Waals surface area contributed by atoms with Gasteiger partial charge in [-0.25, -0.2) is 0 Å². The molecule has 0 radical (unpaired) electrons. The number of hydrogen-bond acceptors (Lipinski definition) is 3. The lowest BCUT2D eigenvalue weighted by Crippen LogP contribution is -1.98. The summed E-state index contributed by atoms with van der Waals surface area (Å²) >= 11 is 0. The average Bonchev–Trinajstić information content (AvgIpc) is 2.91. The lowest BCUT2D eigenvalue weighted by Gasteiger charge is -2.19. The van der Waals surface area contributed by atoms with Crippen LogP contribution in [0.25, 0.3) is 22.3 Å². The maximum atomic E-state index is 10.3. The van der Waals surface area contributed by atoms with Crippen molar-refractivity contribution < 1.29 is 14.2 Å². The highest BCUT2D eigenvalue weighted by Gasteiger charge is 2.25. The van der Waals surface area contributed by atoms with Crippen molar-refractivity contribution in [3.05, 3.63) is 103 Å². The van der Waals surface area contributed by atoms with E-state index in [1.807, 2.05) is 60.7 Å². The van der Waals surface area contributed by atoms with Crippen LogP contribution in [-0.4, -0.2) is 5.11 Å². The molecule has 0 fully saturated rings. The van der Waals surface area contributed by atoms with Crippen molar-refractivity contribution in [2.45, 2.75) is 6.16 Å². The Morgan fingerprint density at radius 1 is 0.655 bits per heavy atom. The number of rotatable bonds is 3. The Labute approximate surface area is 171 Å². The van der Waals surface area contributed by atoms with Crippen LogP contribution in [-0.2, 0) is 6.16 Å². The van der Waals surface area contributed by atoms with Crippen LogP contribution in [0, 0.1) is 0 Å². The molecule has 4 heteroatoms. The van der Waals surface area contributed by atoms with Gasteiger partial charge in [-0.15, -0.1) is 0 Å². The summed E-state index contributed by atoms with van der Waals surface area (Å²) < 4.78 is 12.8. The average molecular weight is 398 g/mol. The molecule has 0 amide bonds. The second-order valence-electron chi connectivity index (χ2n) is 6.84. The van der Waals surface area contributed by atoms with E-state index in [2.05, 4.69) is 30.3 Å². The SMILES string of the molecule is Oc1ccccc1-c1ccccc1OP1Cc2ccccc2-c2ccccc2O1. The van der Waals surface area contributed by atoms with E-state index in [1.54, 1.807) is 6.07 Å². The molecule has 3 nitrogen and oxygen atoms in total. The highest BCUT2D eigenvalue weighted by molar-refractivity contribution is 7.47. The second kappa shape index (κ2) is 7.62. The van der Waals surface area contributed by atoms with Gasteiger partial charge in [0.25, 0.3) is 8.38 Å². The highest BCUT2D eigenvalue weighted by Crippen LogP contribution is 2.52. The molecule has 0 bridgehead atoms. The highest BCUT2D eigenvalue weighted by atomic mass is 31.2. The van der Waals surface area contributed by atoms with Crippen LogP contribution >= 0.6 is 8.38 Å². The molecule has 0 spiro atoms. The third-order valence-electron chi connectivity index (χ3n) is 4.98. The molecule has 1 aliphatic heterocycles. The van der Waals surface area contributed by atoms with Gasteiger partial charge in [-0.05, 0) is 29.3 Å². The van der Waals surface area contributed by atoms with Crippen molar-refractivity contribution in [2.75, 3.05) is 0 Å². The van der Waals surface area contributed by atoms with E-state index in [-0.39, 0.29) is 5.75 Å². The summed E-state index contributed by atoms with van der Waals surface area (Å²) in [6, 6.07) is 31.5. The predicted octanol–water partition coefficient (Wildman–Crippen LogP) is 7.01. The first kappa shape index (κ1) is 17.8. The number of benzene rings is 4. The number of hydrogen-bond donors (Lipinski definition) is 1. The van der Waals surface area contributed by atoms with Crippen molar-refractivity contribution in [3.63, 3.8) is 0 Å². The first-order chi connectivity index (χ1) is 14.3. The van der Waals surface area contributed by atoms with Crippen LogP contribution < -0.4 is 9.05 Å². The summed E-state index contributed by atoms with van der Waals surface area (Å²) in [5.74, 6) is 1.77. The lowest BCUT2D eigenvalue weighted by atomic mass is 10.00. The van der Waals surface area contributed by atoms with E-state index in [9.17, 15) is 5.11 Å². The Bertz CT molecular complexity index is 1120. The first-order valence-electron chi connectivity index (χ1n) is 9.48. The molecule has 29 heavy (non-hydrogen) atoms. The van der Waals surface area contributed by atoms with Gasteiger partial charge in [-0.1, -0.05) is 78.9 Å². The van der Waals surface area contributed by atoms with E-state index in [4.69, 9.17) is 9.05 Å². The minimum atomic E-state index is -1.25. The maximum absolute atomic E-state index is 10.3. The van der Waals surface area contributed by atoms with Gasteiger partial charge in [-0.2, -0.15) is 0 Å². The van der Waals surface area contributed by atoms with Gasteiger partial charge < -0.3 is 14.2 Å². The zero-order valence-corrected chi connectivity index (χ0v) is 16.6. The van der Waals surface area contributed by atoms with E-state index < -0.39 is 8.38 Å². The molecule has 142 valence electrons. The number of fused-ring (bicyclic) bond motifs is 3. The molecule has 1 aliphatic rings. The van der Waals surface area contributed by atoms with Crippen LogP contribution in [0.5, 0.6) is 17.2 Å². The molecule has 4 aromatic rings. The van der Waals surface area contributed by atoms with Crippen LogP contribution in [0.2, 0.25) is 0 Å². The quantitative estimate of drug-likeness (QED) is 0.377. The van der Waals surface area contributed by atoms with E-state index in [1.165, 1.54) is 11.1 Å². The molecule has 0 aliphatic carbocycles. The normalized spacial score (nSPS) is 14.8. The smallest absolute Gasteiger partial charge is 0.295 e. The van der Waals surface area contributed by atoms with Crippen molar-refractivity contribution in [3.8, 4) is 39.5 Å². The Morgan fingerprint density at radius 3 is 2.10 bits per heavy atom. The minimum absolute atomic E-state index is 0.230. The molecule has 1 heterocycles. The molecule has 5 rings (SSSR count). The molecule has 0 aromatic heterocycles. The van der Waals surface area contributed by atoms with Crippen molar-refractivity contribution >= 4 is 8.38 Å². The summed E-state index contributed by atoms with van der Waals surface area (Å²) in [5.41, 5.74) is 5.08. The molecular formula is C25H19O3P. The fourth-order valence-corrected chi connectivity index (χ4v) is 5.08. The maximum Gasteiger partial charge on any atom is 0.295 e. The topological polar surface area (TPSA) is 38.7 Å². The molecule has 0 saturated heterocycles. The molecule has 1 atom stereocenters. The summed E-state index contributed by atoms with van der Waals surface area (Å²) in [6.07, 6.45) is 0.690. The molecule has 1 unspecified atom stereocenters. The van der Waals surface area contributed by atoms with Gasteiger partial charge in [0.2, 0.25) is 0 Å². The van der Waals surface area contributed by atoms with Gasteiger partial charge in [-0.3, -0.25) is 0 Å². The van der Waals surface area contributed by atoms with Crippen molar-refractivity contribution in [1.82, 2.24) is 0 Å². The Balaban J connectivity index is 1.54. The number of phenols is 1. The van der Waals surface area contributed by atoms with Crippen LogP contribution in [0.3, 0.4) is 0 Å². The summed E-state index contributed by atoms with van der Waals surface area (Å²) in [7, 11) is -1.25. The summed E-state index contributed by atoms with van der Waals surface area (Å²) in [4.78, 5) is 0. The third kappa shape index (κ3) is 3.46. The number of phenolic OH excluding ortho intramolecular Hbond substituents is 1. The first-order valence-corrected chi connectivity index (χ1v) is 10.8. The number of para-hydroxylation sites is 3. The van der Waals surface area contributed by atoms with Crippen molar-refractivity contribution in [2.24, 2.45) is 0 Å². The van der Waals surface area contributed by atoms with Gasteiger partial charge in [0.1, 0.15) is 17.2 Å². The zero-order chi connectivity index (χ0) is 19.6. The van der Waals surface area contributed by atoms with E-state index in [0.29, 0.717) is 11.9 Å². The zero-order valence-electron chi connectivity index (χ0n) is 15.7. The van der Waals surface area contributed by atoms with Gasteiger partial charge in [0.05, 0.1) is 6.16 Å². The summed E-state index contributed by atoms with van der Waals surface area (Å²) in [5, 5.41) is 10.3. The van der Waals surface area contributed by atoms with Crippen molar-refractivity contribution in [1.29, 1.82) is 0 Å². The van der Waals surface area contributed by atoms with Crippen LogP contribution in [0.4, 0.5) is 0 Å². The minimum Gasteiger partial charge on any atom is -0.507 e. The lowest BCUT2D eigenvalue weighted by molar-refractivity contribution is 0.475. The van der Waals surface area contributed by atoms with Crippen LogP contribution in [0.1, 0.15) is 5.56 Å². The predicted molar refractivity (Wildman–Crippen MR) is 117 cm³/mol. The van der Waals surface area contributed by atoms with E-state index >= 15 is 0 Å². The second-order valence-corrected chi connectivity index (χ2v) is 8.19. The number of aromatic hydroxyl groups is 1. The van der Waals surface area contributed by atoms with Gasteiger partial charge in [0, 0.05) is 16.7 Å².